The Balaban J connectivity index is 2.21. The lowest BCUT2D eigenvalue weighted by molar-refractivity contribution is -0.144. The predicted molar refractivity (Wildman–Crippen MR) is 224 cm³/mol. The minimum atomic E-state index is -1.76. The van der Waals surface area contributed by atoms with Gasteiger partial charge in [-0.15, -0.1) is 0 Å². The van der Waals surface area contributed by atoms with Gasteiger partial charge in [0.05, 0.1) is 19.0 Å². The number of hydrogen-bond acceptors (Lipinski definition) is 13. The van der Waals surface area contributed by atoms with Gasteiger partial charge in [0.1, 0.15) is 42.8 Å². The van der Waals surface area contributed by atoms with E-state index in [0.717, 1.165) is 4.90 Å². The number of likely N-dealkylation sites (tertiary alicyclic amines) is 2. The summed E-state index contributed by atoms with van der Waals surface area (Å²) in [5, 5.41) is 51.2. The number of nitrogens with two attached hydrogens (primary N) is 1. The lowest BCUT2D eigenvalue weighted by Crippen LogP contribution is -2.61. The molecule has 2 aliphatic heterocycles. The number of hydrogen-bond donors (Lipinski definition) is 11. The molecular weight excluding hydrogens is 862 g/mol. The Morgan fingerprint density at radius 1 is 0.569 bits per heavy atom. The molecule has 0 spiro atoms. The van der Waals surface area contributed by atoms with Crippen LogP contribution in [0.5, 0.6) is 0 Å². The lowest BCUT2D eigenvalue weighted by atomic mass is 9.96. The highest BCUT2D eigenvalue weighted by atomic mass is 16.4. The Morgan fingerprint density at radius 3 is 1.62 bits per heavy atom. The van der Waals surface area contributed by atoms with Crippen LogP contribution in [0.25, 0.3) is 0 Å². The summed E-state index contributed by atoms with van der Waals surface area (Å²) < 4.78 is 0. The van der Waals surface area contributed by atoms with Crippen molar-refractivity contribution in [2.24, 2.45) is 17.6 Å². The van der Waals surface area contributed by atoms with Crippen molar-refractivity contribution < 1.29 is 78.0 Å². The van der Waals surface area contributed by atoms with Crippen LogP contribution in [0.4, 0.5) is 0 Å². The number of aliphatic carboxylic acids is 4. The lowest BCUT2D eigenvalue weighted by Gasteiger charge is -2.31. The molecule has 0 aromatic heterocycles. The minimum Gasteiger partial charge on any atom is -0.481 e. The molecule has 2 saturated heterocycles. The zero-order valence-corrected chi connectivity index (χ0v) is 37.0. The van der Waals surface area contributed by atoms with E-state index < -0.39 is 158 Å². The SMILES string of the molecule is CC[C@H](C)[C@H](NC(=O)[C@H](CC(=O)O)NC(=O)[C@@H](NC(=O)[C@@H]1CCCN1C(=O)[C@H](CCC(=O)O)NC(=O)CNC(=O)[C@@H]1CCCN1C(=O)[C@@H](N)CCC(=O)O)[C@@H](C)CC)C(=O)NCC(=O)O. The maximum absolute atomic E-state index is 14.0. The molecule has 0 radical (unpaired) electrons. The number of carbonyl (C=O) groups excluding carboxylic acids is 8. The van der Waals surface area contributed by atoms with Crippen LogP contribution in [-0.2, 0) is 57.5 Å². The molecule has 0 saturated carbocycles. The van der Waals surface area contributed by atoms with Gasteiger partial charge in [-0.1, -0.05) is 40.5 Å². The maximum atomic E-state index is 14.0. The number of carbonyl (C=O) groups is 12. The van der Waals surface area contributed by atoms with Crippen molar-refractivity contribution in [2.45, 2.75) is 141 Å². The van der Waals surface area contributed by atoms with Gasteiger partial charge in [-0.3, -0.25) is 57.5 Å². The zero-order chi connectivity index (χ0) is 49.1. The van der Waals surface area contributed by atoms with Gasteiger partial charge in [0.15, 0.2) is 0 Å². The van der Waals surface area contributed by atoms with E-state index in [1.54, 1.807) is 27.7 Å². The highest BCUT2D eigenvalue weighted by Crippen LogP contribution is 2.22. The van der Waals surface area contributed by atoms with Crippen molar-refractivity contribution in [3.63, 3.8) is 0 Å². The number of rotatable bonds is 27. The van der Waals surface area contributed by atoms with Crippen LogP contribution in [0.2, 0.25) is 0 Å². The highest BCUT2D eigenvalue weighted by Gasteiger charge is 2.41. The Labute approximate surface area is 374 Å². The summed E-state index contributed by atoms with van der Waals surface area (Å²) >= 11 is 0. The van der Waals surface area contributed by atoms with Crippen molar-refractivity contribution in [3.8, 4) is 0 Å². The second-order valence-corrected chi connectivity index (χ2v) is 16.2. The molecule has 2 fully saturated rings. The molecule has 25 heteroatoms. The minimum absolute atomic E-state index is 0.00825. The average molecular weight is 926 g/mol. The van der Waals surface area contributed by atoms with E-state index in [9.17, 15) is 67.7 Å². The molecule has 0 aromatic carbocycles. The first-order valence-electron chi connectivity index (χ1n) is 21.5. The number of nitrogens with one attached hydrogen (secondary N) is 6. The summed E-state index contributed by atoms with van der Waals surface area (Å²) in [5.74, 6) is -13.3. The molecule has 9 atom stereocenters. The Kier molecular flexibility index (Phi) is 22.2. The van der Waals surface area contributed by atoms with Crippen molar-refractivity contribution in [3.05, 3.63) is 0 Å². The van der Waals surface area contributed by atoms with Crippen LogP contribution >= 0.6 is 0 Å². The van der Waals surface area contributed by atoms with Crippen LogP contribution in [0.3, 0.4) is 0 Å². The standard InChI is InChI=1S/C40H63N9O16/c1-5-20(3)32(37(62)43-19-31(57)58)46-34(59)24(17-30(55)56)45-38(63)33(21(4)6-2)47-36(61)26-10-8-16-49(26)40(65)23(12-14-29(53)54)44-27(50)18-42-35(60)25-9-7-15-48(25)39(64)22(41)11-13-28(51)52/h20-26,32-33H,5-19,41H2,1-4H3,(H,42,60)(H,43,62)(H,44,50)(H,45,63)(H,46,59)(H,47,61)(H,51,52)(H,53,54)(H,55,56)(H,57,58)/t20-,21-,22-,23-,24-,25-,26-,32-,33-/m0/s1. The van der Waals surface area contributed by atoms with E-state index in [1.165, 1.54) is 4.90 Å². The van der Waals surface area contributed by atoms with E-state index in [0.29, 0.717) is 12.8 Å². The van der Waals surface area contributed by atoms with Crippen LogP contribution in [0.15, 0.2) is 0 Å². The van der Waals surface area contributed by atoms with E-state index in [4.69, 9.17) is 15.9 Å². The number of nitrogens with zero attached hydrogens (tertiary/aromatic N) is 2. The third kappa shape index (κ3) is 17.2. The highest BCUT2D eigenvalue weighted by molar-refractivity contribution is 5.98. The summed E-state index contributed by atoms with van der Waals surface area (Å²) in [6.07, 6.45) is -0.781. The fraction of sp³-hybridized carbons (Fsp3) is 0.700. The molecule has 2 heterocycles. The molecule has 65 heavy (non-hydrogen) atoms. The van der Waals surface area contributed by atoms with Gasteiger partial charge in [-0.2, -0.15) is 0 Å². The van der Waals surface area contributed by atoms with Crippen LogP contribution < -0.4 is 37.6 Å². The molecular formula is C40H63N9O16. The molecule has 25 nitrogen and oxygen atoms in total. The van der Waals surface area contributed by atoms with Gasteiger partial charge in [0.2, 0.25) is 47.3 Å². The maximum Gasteiger partial charge on any atom is 0.322 e. The van der Waals surface area contributed by atoms with Crippen LogP contribution in [-0.4, -0.2) is 170 Å². The van der Waals surface area contributed by atoms with Crippen LogP contribution in [0, 0.1) is 11.8 Å². The molecule has 2 aliphatic rings. The second kappa shape index (κ2) is 26.4. The molecule has 0 unspecified atom stereocenters. The van der Waals surface area contributed by atoms with Gasteiger partial charge in [0, 0.05) is 25.9 Å². The fourth-order valence-corrected chi connectivity index (χ4v) is 7.30. The van der Waals surface area contributed by atoms with Gasteiger partial charge in [0.25, 0.3) is 0 Å². The summed E-state index contributed by atoms with van der Waals surface area (Å²) in [4.78, 5) is 155. The largest absolute Gasteiger partial charge is 0.481 e. The van der Waals surface area contributed by atoms with Crippen molar-refractivity contribution in [1.29, 1.82) is 0 Å². The first-order chi connectivity index (χ1) is 30.5. The normalized spacial score (nSPS) is 18.9. The molecule has 0 aliphatic carbocycles. The second-order valence-electron chi connectivity index (χ2n) is 16.2. The molecule has 0 bridgehead atoms. The summed E-state index contributed by atoms with van der Waals surface area (Å²) in [6.45, 7) is 5.30. The van der Waals surface area contributed by atoms with E-state index in [1.807, 2.05) is 0 Å². The first-order valence-corrected chi connectivity index (χ1v) is 21.5. The zero-order valence-electron chi connectivity index (χ0n) is 37.0. The molecule has 0 aromatic rings. The quantitative estimate of drug-likeness (QED) is 0.0387. The van der Waals surface area contributed by atoms with Gasteiger partial charge in [-0.25, -0.2) is 0 Å². The Bertz CT molecular complexity index is 1800. The topological polar surface area (TPSA) is 390 Å². The number of carboxylic acids is 4. The van der Waals surface area contributed by atoms with Crippen molar-refractivity contribution in [2.75, 3.05) is 26.2 Å². The fourth-order valence-electron chi connectivity index (χ4n) is 7.30. The molecule has 2 rings (SSSR count). The average Bonchev–Trinajstić information content (AvgIpc) is 3.96. The smallest absolute Gasteiger partial charge is 0.322 e. The van der Waals surface area contributed by atoms with Crippen LogP contribution in [0.1, 0.15) is 98.3 Å². The molecule has 12 N–H and O–H groups in total. The molecule has 364 valence electrons. The third-order valence-corrected chi connectivity index (χ3v) is 11.4. The number of amides is 8. The third-order valence-electron chi connectivity index (χ3n) is 11.4. The van der Waals surface area contributed by atoms with Gasteiger partial charge in [-0.05, 0) is 50.4 Å². The van der Waals surface area contributed by atoms with E-state index >= 15 is 0 Å². The first kappa shape index (κ1) is 54.7. The van der Waals surface area contributed by atoms with Crippen molar-refractivity contribution in [1.82, 2.24) is 41.7 Å². The monoisotopic (exact) mass is 925 g/mol. The van der Waals surface area contributed by atoms with Crippen molar-refractivity contribution >= 4 is 71.1 Å². The Morgan fingerprint density at radius 2 is 1.09 bits per heavy atom. The van der Waals surface area contributed by atoms with Gasteiger partial charge >= 0.3 is 23.9 Å². The van der Waals surface area contributed by atoms with E-state index in [2.05, 4.69) is 31.9 Å². The molecule has 8 amide bonds. The Hall–Kier alpha value is -6.40. The van der Waals surface area contributed by atoms with E-state index in [-0.39, 0.29) is 51.6 Å². The summed E-state index contributed by atoms with van der Waals surface area (Å²) in [5.41, 5.74) is 5.86. The number of carboxylic acid groups (broad SMARTS) is 4. The summed E-state index contributed by atoms with van der Waals surface area (Å²) in [7, 11) is 0. The van der Waals surface area contributed by atoms with Gasteiger partial charge < -0.3 is 67.9 Å². The summed E-state index contributed by atoms with van der Waals surface area (Å²) in [6, 6.07) is -9.35. The predicted octanol–water partition coefficient (Wildman–Crippen LogP) is -3.15.